The molecule has 98 valence electrons. The Morgan fingerprint density at radius 3 is 1.00 bits per heavy atom. The van der Waals surface area contributed by atoms with E-state index >= 15 is 0 Å². The van der Waals surface area contributed by atoms with Crippen molar-refractivity contribution in [2.24, 2.45) is 0 Å². The van der Waals surface area contributed by atoms with E-state index in [1.54, 1.807) is 0 Å². The Hall–Kier alpha value is 0.340. The summed E-state index contributed by atoms with van der Waals surface area (Å²) in [7, 11) is 0. The number of thiol groups is 4. The quantitative estimate of drug-likeness (QED) is 0.345. The highest BCUT2D eigenvalue weighted by Crippen LogP contribution is 1.91. The standard InChI is InChI=1S/C4H10S2.2C2H4O2S/c5-3-1-2-4-6;2*3-2(4)1-5/h5-6H,1-4H2;2*5H,1H2,(H,3,4). The van der Waals surface area contributed by atoms with Gasteiger partial charge in [0.05, 0.1) is 11.5 Å². The monoisotopic (exact) mass is 306 g/mol. The topological polar surface area (TPSA) is 74.6 Å². The molecule has 0 fully saturated rings. The van der Waals surface area contributed by atoms with E-state index in [-0.39, 0.29) is 11.5 Å². The fourth-order valence-corrected chi connectivity index (χ4v) is 0.671. The number of carboxylic acid groups (broad SMARTS) is 2. The van der Waals surface area contributed by atoms with Crippen molar-refractivity contribution in [3.63, 3.8) is 0 Å². The molecule has 0 atom stereocenters. The van der Waals surface area contributed by atoms with Gasteiger partial charge in [-0.3, -0.25) is 9.59 Å². The lowest BCUT2D eigenvalue weighted by atomic mass is 10.4. The van der Waals surface area contributed by atoms with Crippen LogP contribution in [0.15, 0.2) is 0 Å². The highest BCUT2D eigenvalue weighted by molar-refractivity contribution is 7.81. The van der Waals surface area contributed by atoms with Crippen molar-refractivity contribution in [3.05, 3.63) is 0 Å². The second kappa shape index (κ2) is 20.7. The lowest BCUT2D eigenvalue weighted by molar-refractivity contribution is -0.134. The van der Waals surface area contributed by atoms with E-state index in [1.165, 1.54) is 12.8 Å². The Morgan fingerprint density at radius 2 is 0.938 bits per heavy atom. The minimum atomic E-state index is -0.881. The smallest absolute Gasteiger partial charge is 0.313 e. The van der Waals surface area contributed by atoms with E-state index in [2.05, 4.69) is 50.5 Å². The Balaban J connectivity index is -0.000000160. The third-order valence-corrected chi connectivity index (χ3v) is 2.01. The van der Waals surface area contributed by atoms with Gasteiger partial charge in [-0.05, 0) is 24.3 Å². The summed E-state index contributed by atoms with van der Waals surface area (Å²) in [5.74, 6) is 0.0721. The molecule has 2 N–H and O–H groups in total. The average molecular weight is 306 g/mol. The number of unbranched alkanes of at least 4 members (excludes halogenated alkanes) is 1. The van der Waals surface area contributed by atoms with Gasteiger partial charge in [0.15, 0.2) is 0 Å². The predicted molar refractivity (Wildman–Crippen MR) is 79.9 cm³/mol. The van der Waals surface area contributed by atoms with Crippen LogP contribution < -0.4 is 0 Å². The van der Waals surface area contributed by atoms with E-state index in [1.807, 2.05) is 0 Å². The Labute approximate surface area is 118 Å². The van der Waals surface area contributed by atoms with Gasteiger partial charge in [0.1, 0.15) is 0 Å². The maximum Gasteiger partial charge on any atom is 0.313 e. The molecule has 0 aliphatic carbocycles. The molecule has 16 heavy (non-hydrogen) atoms. The second-order valence-corrected chi connectivity index (χ2v) is 3.78. The van der Waals surface area contributed by atoms with Crippen LogP contribution in [0.2, 0.25) is 0 Å². The maximum atomic E-state index is 9.29. The van der Waals surface area contributed by atoms with Gasteiger partial charge in [-0.1, -0.05) is 0 Å². The number of hydrogen-bond acceptors (Lipinski definition) is 6. The molecule has 0 aliphatic rings. The number of carbonyl (C=O) groups is 2. The van der Waals surface area contributed by atoms with Crippen molar-refractivity contribution in [2.75, 3.05) is 23.0 Å². The summed E-state index contributed by atoms with van der Waals surface area (Å²) in [4.78, 5) is 18.6. The Kier molecular flexibility index (Phi) is 28.0. The summed E-state index contributed by atoms with van der Waals surface area (Å²) < 4.78 is 0. The van der Waals surface area contributed by atoms with Crippen LogP contribution in [0.25, 0.3) is 0 Å². The minimum absolute atomic E-state index is 0.0833. The molecule has 0 rings (SSSR count). The molecule has 0 saturated carbocycles. The number of aliphatic carboxylic acids is 2. The zero-order chi connectivity index (χ0) is 13.4. The first-order chi connectivity index (χ1) is 7.45. The van der Waals surface area contributed by atoms with E-state index in [9.17, 15) is 9.59 Å². The molecule has 0 aromatic carbocycles. The van der Waals surface area contributed by atoms with E-state index < -0.39 is 11.9 Å². The summed E-state index contributed by atoms with van der Waals surface area (Å²) in [5.41, 5.74) is 0. The fourth-order valence-electron chi connectivity index (χ4n) is 0.224. The molecular weight excluding hydrogens is 288 g/mol. The van der Waals surface area contributed by atoms with Gasteiger partial charge < -0.3 is 10.2 Å². The summed E-state index contributed by atoms with van der Waals surface area (Å²) in [5, 5.41) is 15.3. The molecule has 0 amide bonds. The predicted octanol–water partition coefficient (Wildman–Crippen LogP) is 1.63. The summed E-state index contributed by atoms with van der Waals surface area (Å²) in [6.07, 6.45) is 2.40. The van der Waals surface area contributed by atoms with Gasteiger partial charge in [-0.25, -0.2) is 0 Å². The van der Waals surface area contributed by atoms with Crippen molar-refractivity contribution >= 4 is 62.5 Å². The third-order valence-electron chi connectivity index (χ3n) is 0.837. The Bertz CT molecular complexity index is 148. The van der Waals surface area contributed by atoms with Crippen LogP contribution in [0.3, 0.4) is 0 Å². The van der Waals surface area contributed by atoms with Crippen molar-refractivity contribution < 1.29 is 19.8 Å². The van der Waals surface area contributed by atoms with Crippen LogP contribution in [-0.2, 0) is 9.59 Å². The molecule has 0 saturated heterocycles. The van der Waals surface area contributed by atoms with Gasteiger partial charge in [0, 0.05) is 0 Å². The van der Waals surface area contributed by atoms with Crippen molar-refractivity contribution in [2.45, 2.75) is 12.8 Å². The van der Waals surface area contributed by atoms with Crippen molar-refractivity contribution in [1.82, 2.24) is 0 Å². The first-order valence-corrected chi connectivity index (χ1v) is 6.86. The first kappa shape index (κ1) is 21.6. The van der Waals surface area contributed by atoms with Crippen LogP contribution in [0.1, 0.15) is 12.8 Å². The summed E-state index contributed by atoms with van der Waals surface area (Å²) in [6.45, 7) is 0. The fraction of sp³-hybridized carbons (Fsp3) is 0.750. The molecule has 0 bridgehead atoms. The number of hydrogen-bond donors (Lipinski definition) is 6. The van der Waals surface area contributed by atoms with Gasteiger partial charge in [-0.2, -0.15) is 50.5 Å². The molecule has 0 aromatic rings. The lowest BCUT2D eigenvalue weighted by Gasteiger charge is -1.85. The van der Waals surface area contributed by atoms with E-state index in [4.69, 9.17) is 10.2 Å². The van der Waals surface area contributed by atoms with Crippen LogP contribution in [0, 0.1) is 0 Å². The zero-order valence-electron chi connectivity index (χ0n) is 8.74. The van der Waals surface area contributed by atoms with Gasteiger partial charge in [0.25, 0.3) is 0 Å². The van der Waals surface area contributed by atoms with Gasteiger partial charge >= 0.3 is 11.9 Å². The van der Waals surface area contributed by atoms with Crippen LogP contribution in [0.5, 0.6) is 0 Å². The molecule has 4 nitrogen and oxygen atoms in total. The SMILES string of the molecule is O=C(O)CS.O=C(O)CS.SCCCCS. The van der Waals surface area contributed by atoms with Crippen molar-refractivity contribution in [1.29, 1.82) is 0 Å². The molecule has 8 heteroatoms. The molecule has 0 heterocycles. The molecule has 0 aliphatic heterocycles. The molecular formula is C8H18O4S4. The normalized spacial score (nSPS) is 8.00. The van der Waals surface area contributed by atoms with Crippen LogP contribution >= 0.6 is 50.5 Å². The van der Waals surface area contributed by atoms with Crippen LogP contribution in [-0.4, -0.2) is 45.2 Å². The van der Waals surface area contributed by atoms with E-state index in [0.717, 1.165) is 11.5 Å². The lowest BCUT2D eigenvalue weighted by Crippen LogP contribution is -1.92. The van der Waals surface area contributed by atoms with Crippen molar-refractivity contribution in [3.8, 4) is 0 Å². The number of rotatable bonds is 5. The van der Waals surface area contributed by atoms with E-state index in [0.29, 0.717) is 0 Å². The highest BCUT2D eigenvalue weighted by atomic mass is 32.1. The largest absolute Gasteiger partial charge is 0.481 e. The molecule has 0 spiro atoms. The molecule has 0 radical (unpaired) electrons. The van der Waals surface area contributed by atoms with Crippen LogP contribution in [0.4, 0.5) is 0 Å². The zero-order valence-corrected chi connectivity index (χ0v) is 12.3. The minimum Gasteiger partial charge on any atom is -0.481 e. The Morgan fingerprint density at radius 1 is 0.750 bits per heavy atom. The molecule has 0 aromatic heterocycles. The average Bonchev–Trinajstić information content (AvgIpc) is 2.27. The maximum absolute atomic E-state index is 9.29. The highest BCUT2D eigenvalue weighted by Gasteiger charge is 1.82. The molecule has 0 unspecified atom stereocenters. The second-order valence-electron chi connectivity index (χ2n) is 2.26. The van der Waals surface area contributed by atoms with Gasteiger partial charge in [-0.15, -0.1) is 0 Å². The third kappa shape index (κ3) is 47.4. The first-order valence-electron chi connectivity index (χ1n) is 4.33. The number of carboxylic acids is 2. The summed E-state index contributed by atoms with van der Waals surface area (Å²) in [6, 6.07) is 0. The van der Waals surface area contributed by atoms with Gasteiger partial charge in [0.2, 0.25) is 0 Å². The summed E-state index contributed by atoms with van der Waals surface area (Å²) >= 11 is 14.9.